The summed E-state index contributed by atoms with van der Waals surface area (Å²) in [5, 5.41) is 1.65. The lowest BCUT2D eigenvalue weighted by molar-refractivity contribution is -0.112. The highest BCUT2D eigenvalue weighted by atomic mass is 32.2. The quantitative estimate of drug-likeness (QED) is 0.317. The molecule has 1 amide bonds. The van der Waals surface area contributed by atoms with Crippen LogP contribution in [0.15, 0.2) is 0 Å². The molecule has 0 saturated carbocycles. The second-order valence-corrected chi connectivity index (χ2v) is 1.54. The topological polar surface area (TPSA) is 80.4 Å². The van der Waals surface area contributed by atoms with Crippen LogP contribution in [0.5, 0.6) is 0 Å². The first kappa shape index (κ1) is 7.14. The molecule has 0 rings (SSSR count). The van der Waals surface area contributed by atoms with Crippen molar-refractivity contribution in [2.24, 2.45) is 5.73 Å². The molecule has 0 aromatic carbocycles. The largest absolute Gasteiger partial charge is 0.359 e. The van der Waals surface area contributed by atoms with Crippen molar-refractivity contribution in [1.82, 2.24) is 0 Å². The molecule has 0 aliphatic rings. The molecule has 1 unspecified atom stereocenters. The van der Waals surface area contributed by atoms with E-state index in [1.54, 1.807) is 11.2 Å². The normalized spacial score (nSPS) is 11.1. The number of hydrogen-bond donors (Lipinski definition) is 2. The van der Waals surface area contributed by atoms with E-state index in [0.29, 0.717) is 0 Å². The Labute approximate surface area is 48.3 Å². The van der Waals surface area contributed by atoms with Crippen molar-refractivity contribution in [2.75, 3.05) is 0 Å². The van der Waals surface area contributed by atoms with E-state index in [0.717, 1.165) is 0 Å². The van der Waals surface area contributed by atoms with Crippen LogP contribution in [0, 0.1) is 11.2 Å². The van der Waals surface area contributed by atoms with E-state index in [1.165, 1.54) is 0 Å². The van der Waals surface area contributed by atoms with Gasteiger partial charge in [-0.3, -0.25) is 9.35 Å². The van der Waals surface area contributed by atoms with Crippen LogP contribution in [0.2, 0.25) is 0 Å². The average Bonchev–Trinajstić information content (AvgIpc) is 1.61. The Bertz CT molecular complexity index is 159. The van der Waals surface area contributed by atoms with Gasteiger partial charge in [-0.25, -0.2) is 4.21 Å². The van der Waals surface area contributed by atoms with Gasteiger partial charge in [0.05, 0.1) is 0 Å². The predicted octanol–water partition coefficient (Wildman–Crippen LogP) is -1.35. The third kappa shape index (κ3) is 5.14. The highest BCUT2D eigenvalue weighted by Crippen LogP contribution is 1.62. The number of amides is 1. The lowest BCUT2D eigenvalue weighted by atomic mass is 10.7. The lowest BCUT2D eigenvalue weighted by Gasteiger charge is -1.69. The van der Waals surface area contributed by atoms with Gasteiger partial charge >= 0.3 is 0 Å². The fraction of sp³-hybridized carbons (Fsp3) is 0. The molecule has 44 valence electrons. The van der Waals surface area contributed by atoms with Crippen LogP contribution < -0.4 is 5.73 Å². The summed E-state index contributed by atoms with van der Waals surface area (Å²) in [5.74, 6) is 0.774. The Kier molecular flexibility index (Phi) is 2.84. The van der Waals surface area contributed by atoms with Crippen molar-refractivity contribution in [3.05, 3.63) is 0 Å². The first-order valence-electron chi connectivity index (χ1n) is 1.55. The molecule has 4 nitrogen and oxygen atoms in total. The van der Waals surface area contributed by atoms with Gasteiger partial charge in [0.2, 0.25) is 11.1 Å². The Morgan fingerprint density at radius 1 is 1.75 bits per heavy atom. The molecular weight excluding hydrogens is 130 g/mol. The van der Waals surface area contributed by atoms with Crippen LogP contribution in [0.4, 0.5) is 0 Å². The van der Waals surface area contributed by atoms with Gasteiger partial charge in [0.15, 0.2) is 0 Å². The summed E-state index contributed by atoms with van der Waals surface area (Å²) in [6.45, 7) is 0. The van der Waals surface area contributed by atoms with Crippen molar-refractivity contribution in [3.8, 4) is 11.2 Å². The monoisotopic (exact) mass is 133 g/mol. The van der Waals surface area contributed by atoms with Crippen molar-refractivity contribution in [1.29, 1.82) is 0 Å². The molecule has 0 saturated heterocycles. The van der Waals surface area contributed by atoms with E-state index in [1.807, 2.05) is 0 Å². The minimum atomic E-state index is -2.25. The summed E-state index contributed by atoms with van der Waals surface area (Å²) in [6.07, 6.45) is 0. The molecule has 0 aromatic rings. The molecule has 3 N–H and O–H groups in total. The standard InChI is InChI=1S/C3H3NO3S/c4-3(5)1-2-8(6)7/h(H2,4,5)(H,6,7). The zero-order valence-corrected chi connectivity index (χ0v) is 4.57. The molecule has 5 heteroatoms. The van der Waals surface area contributed by atoms with E-state index in [-0.39, 0.29) is 0 Å². The van der Waals surface area contributed by atoms with Gasteiger partial charge in [0.1, 0.15) is 0 Å². The molecule has 0 aromatic heterocycles. The van der Waals surface area contributed by atoms with E-state index in [4.69, 9.17) is 4.55 Å². The zero-order chi connectivity index (χ0) is 6.57. The molecule has 0 radical (unpaired) electrons. The van der Waals surface area contributed by atoms with Crippen LogP contribution in [0.1, 0.15) is 0 Å². The van der Waals surface area contributed by atoms with Crippen LogP contribution >= 0.6 is 0 Å². The summed E-state index contributed by atoms with van der Waals surface area (Å²) in [4.78, 5) is 9.71. The second kappa shape index (κ2) is 3.18. The number of primary amides is 1. The molecule has 0 aliphatic carbocycles. The van der Waals surface area contributed by atoms with Gasteiger partial charge in [0.25, 0.3) is 5.91 Å². The first-order chi connectivity index (χ1) is 3.63. The molecule has 0 fully saturated rings. The van der Waals surface area contributed by atoms with Crippen molar-refractivity contribution >= 4 is 17.0 Å². The summed E-state index contributed by atoms with van der Waals surface area (Å²) in [6, 6.07) is 0. The smallest absolute Gasteiger partial charge is 0.294 e. The van der Waals surface area contributed by atoms with Crippen LogP contribution in [-0.2, 0) is 15.9 Å². The molecule has 0 aliphatic heterocycles. The maximum atomic E-state index is 9.71. The SMILES string of the molecule is NC(=O)C#CS(=O)O. The molecule has 0 spiro atoms. The Morgan fingerprint density at radius 3 is 2.38 bits per heavy atom. The number of nitrogens with two attached hydrogens (primary N) is 1. The highest BCUT2D eigenvalue weighted by molar-refractivity contribution is 7.84. The Balaban J connectivity index is 3.87. The Hall–Kier alpha value is -0.860. The maximum Gasteiger partial charge on any atom is 0.294 e. The summed E-state index contributed by atoms with van der Waals surface area (Å²) < 4.78 is 17.5. The van der Waals surface area contributed by atoms with Gasteiger partial charge in [-0.1, -0.05) is 0 Å². The number of carbonyl (C=O) groups excluding carboxylic acids is 1. The van der Waals surface area contributed by atoms with Gasteiger partial charge in [-0.05, 0) is 0 Å². The van der Waals surface area contributed by atoms with Gasteiger partial charge in [0, 0.05) is 11.2 Å². The predicted molar refractivity (Wildman–Crippen MR) is 27.7 cm³/mol. The maximum absolute atomic E-state index is 9.71. The second-order valence-electron chi connectivity index (χ2n) is 0.840. The van der Waals surface area contributed by atoms with Crippen LogP contribution in [-0.4, -0.2) is 14.7 Å². The van der Waals surface area contributed by atoms with Crippen LogP contribution in [0.3, 0.4) is 0 Å². The van der Waals surface area contributed by atoms with Crippen molar-refractivity contribution < 1.29 is 13.6 Å². The number of carbonyl (C=O) groups is 1. The van der Waals surface area contributed by atoms with E-state index in [2.05, 4.69) is 5.73 Å². The van der Waals surface area contributed by atoms with Gasteiger partial charge in [-0.15, -0.1) is 0 Å². The molecule has 0 heterocycles. The highest BCUT2D eigenvalue weighted by Gasteiger charge is 1.81. The van der Waals surface area contributed by atoms with E-state index in [9.17, 15) is 9.00 Å². The van der Waals surface area contributed by atoms with Gasteiger partial charge in [-0.2, -0.15) is 0 Å². The minimum absolute atomic E-state index is 0.910. The Morgan fingerprint density at radius 2 is 2.25 bits per heavy atom. The minimum Gasteiger partial charge on any atom is -0.359 e. The van der Waals surface area contributed by atoms with Crippen molar-refractivity contribution in [3.63, 3.8) is 0 Å². The third-order valence-electron chi connectivity index (χ3n) is 0.262. The zero-order valence-electron chi connectivity index (χ0n) is 3.75. The fourth-order valence-electron chi connectivity index (χ4n) is 0.0940. The van der Waals surface area contributed by atoms with Crippen LogP contribution in [0.25, 0.3) is 0 Å². The molecule has 8 heavy (non-hydrogen) atoms. The summed E-state index contributed by atoms with van der Waals surface area (Å²) in [5.41, 5.74) is 4.48. The number of hydrogen-bond acceptors (Lipinski definition) is 2. The fourth-order valence-corrected chi connectivity index (χ4v) is 0.282. The van der Waals surface area contributed by atoms with E-state index >= 15 is 0 Å². The molecular formula is C3H3NO3S. The van der Waals surface area contributed by atoms with Gasteiger partial charge < -0.3 is 5.73 Å². The van der Waals surface area contributed by atoms with E-state index < -0.39 is 17.0 Å². The van der Waals surface area contributed by atoms with Crippen molar-refractivity contribution in [2.45, 2.75) is 0 Å². The summed E-state index contributed by atoms with van der Waals surface area (Å²) in [7, 11) is 0. The molecule has 1 atom stereocenters. The number of rotatable bonds is 0. The molecule has 0 bridgehead atoms. The lowest BCUT2D eigenvalue weighted by Crippen LogP contribution is -2.06. The average molecular weight is 133 g/mol. The summed E-state index contributed by atoms with van der Waals surface area (Å²) >= 11 is -2.25. The first-order valence-corrected chi connectivity index (χ1v) is 2.65. The third-order valence-corrected chi connectivity index (χ3v) is 0.538.